The first kappa shape index (κ1) is 18.7. The molecule has 3 aromatic heterocycles. The molecule has 1 fully saturated rings. The molecule has 0 spiro atoms. The molecule has 0 bridgehead atoms. The molecule has 0 saturated carbocycles. The van der Waals surface area contributed by atoms with E-state index in [1.165, 1.54) is 4.68 Å². The van der Waals surface area contributed by atoms with Gasteiger partial charge in [0.2, 0.25) is 5.95 Å². The molecule has 1 aliphatic heterocycles. The van der Waals surface area contributed by atoms with Crippen molar-refractivity contribution in [3.05, 3.63) is 58.8 Å². The number of nitrogens with two attached hydrogens (primary N) is 1. The predicted molar refractivity (Wildman–Crippen MR) is 118 cm³/mol. The maximum Gasteiger partial charge on any atom is 0.293 e. The largest absolute Gasteiger partial charge is 0.341 e. The van der Waals surface area contributed by atoms with Crippen molar-refractivity contribution >= 4 is 27.8 Å². The van der Waals surface area contributed by atoms with Gasteiger partial charge in [-0.15, -0.1) is 0 Å². The van der Waals surface area contributed by atoms with E-state index in [-0.39, 0.29) is 11.6 Å². The van der Waals surface area contributed by atoms with Gasteiger partial charge in [-0.2, -0.15) is 5.10 Å². The molecule has 2 N–H and O–H groups in total. The zero-order valence-corrected chi connectivity index (χ0v) is 17.0. The number of fused-ring (bicyclic) bond motifs is 2. The smallest absolute Gasteiger partial charge is 0.293 e. The molecule has 30 heavy (non-hydrogen) atoms. The summed E-state index contributed by atoms with van der Waals surface area (Å²) in [4.78, 5) is 24.8. The van der Waals surface area contributed by atoms with Crippen LogP contribution in [0.3, 0.4) is 0 Å². The molecule has 1 saturated heterocycles. The Kier molecular flexibility index (Phi) is 4.71. The standard InChI is InChI=1S/C22H25N7O/c1-2-28-20-18(26-22(28)27-11-5-7-16(23)13-27)12-25-29(21(20)30)14-19-17-8-4-3-6-15(17)9-10-24-19/h3-4,6,8-10,12,16H,2,5,7,11,13-14,23H2,1H3. The summed E-state index contributed by atoms with van der Waals surface area (Å²) in [5.41, 5.74) is 8.05. The van der Waals surface area contributed by atoms with Crippen molar-refractivity contribution in [3.8, 4) is 0 Å². The van der Waals surface area contributed by atoms with Crippen molar-refractivity contribution in [3.63, 3.8) is 0 Å². The number of piperidine rings is 1. The first-order chi connectivity index (χ1) is 14.7. The minimum Gasteiger partial charge on any atom is -0.341 e. The van der Waals surface area contributed by atoms with E-state index in [0.29, 0.717) is 24.1 Å². The molecule has 1 unspecified atom stereocenters. The van der Waals surface area contributed by atoms with Gasteiger partial charge in [-0.25, -0.2) is 9.67 Å². The lowest BCUT2D eigenvalue weighted by atomic mass is 10.1. The van der Waals surface area contributed by atoms with Crippen molar-refractivity contribution in [1.29, 1.82) is 0 Å². The summed E-state index contributed by atoms with van der Waals surface area (Å²) in [7, 11) is 0. The Hall–Kier alpha value is -3.26. The lowest BCUT2D eigenvalue weighted by Gasteiger charge is -2.31. The molecular weight excluding hydrogens is 378 g/mol. The summed E-state index contributed by atoms with van der Waals surface area (Å²) >= 11 is 0. The van der Waals surface area contributed by atoms with Crippen LogP contribution in [0, 0.1) is 0 Å². The molecule has 1 aromatic carbocycles. The van der Waals surface area contributed by atoms with E-state index in [1.54, 1.807) is 12.4 Å². The van der Waals surface area contributed by atoms with E-state index in [9.17, 15) is 4.79 Å². The molecule has 8 heteroatoms. The second-order valence-corrected chi connectivity index (χ2v) is 7.82. The first-order valence-corrected chi connectivity index (χ1v) is 10.4. The monoisotopic (exact) mass is 403 g/mol. The topological polar surface area (TPSA) is 94.9 Å². The third kappa shape index (κ3) is 3.13. The van der Waals surface area contributed by atoms with E-state index >= 15 is 0 Å². The highest BCUT2D eigenvalue weighted by Gasteiger charge is 2.24. The van der Waals surface area contributed by atoms with Crippen molar-refractivity contribution in [2.75, 3.05) is 18.0 Å². The second kappa shape index (κ2) is 7.53. The third-order valence-electron chi connectivity index (χ3n) is 5.84. The maximum atomic E-state index is 13.4. The van der Waals surface area contributed by atoms with E-state index < -0.39 is 0 Å². The Morgan fingerprint density at radius 2 is 2.10 bits per heavy atom. The van der Waals surface area contributed by atoms with Crippen LogP contribution in [0.25, 0.3) is 21.8 Å². The highest BCUT2D eigenvalue weighted by atomic mass is 16.1. The van der Waals surface area contributed by atoms with E-state index in [2.05, 4.69) is 15.0 Å². The van der Waals surface area contributed by atoms with Crippen LogP contribution in [0.2, 0.25) is 0 Å². The molecule has 5 rings (SSSR count). The number of nitrogens with zero attached hydrogens (tertiary/aromatic N) is 6. The summed E-state index contributed by atoms with van der Waals surface area (Å²) in [6.07, 6.45) is 5.51. The molecular formula is C22H25N7O. The van der Waals surface area contributed by atoms with Crippen LogP contribution < -0.4 is 16.2 Å². The fourth-order valence-electron chi connectivity index (χ4n) is 4.37. The van der Waals surface area contributed by atoms with E-state index in [4.69, 9.17) is 10.7 Å². The number of anilines is 1. The number of hydrogen-bond acceptors (Lipinski definition) is 6. The summed E-state index contributed by atoms with van der Waals surface area (Å²) in [6.45, 7) is 4.66. The molecule has 4 heterocycles. The minimum atomic E-state index is -0.149. The van der Waals surface area contributed by atoms with Crippen LogP contribution in [0.4, 0.5) is 5.95 Å². The Labute approximate surface area is 174 Å². The first-order valence-electron chi connectivity index (χ1n) is 10.4. The Balaban J connectivity index is 1.59. The SMILES string of the molecule is CCn1c(N2CCCC(N)C2)nc2cnn(Cc3nccc4ccccc34)c(=O)c21. The van der Waals surface area contributed by atoms with Gasteiger partial charge in [0.1, 0.15) is 11.0 Å². The van der Waals surface area contributed by atoms with Gasteiger partial charge in [-0.1, -0.05) is 24.3 Å². The number of hydrogen-bond donors (Lipinski definition) is 1. The minimum absolute atomic E-state index is 0.135. The molecule has 8 nitrogen and oxygen atoms in total. The maximum absolute atomic E-state index is 13.4. The molecule has 0 aliphatic carbocycles. The van der Waals surface area contributed by atoms with Crippen LogP contribution >= 0.6 is 0 Å². The highest BCUT2D eigenvalue weighted by molar-refractivity contribution is 5.84. The van der Waals surface area contributed by atoms with E-state index in [1.807, 2.05) is 41.8 Å². The van der Waals surface area contributed by atoms with Gasteiger partial charge in [0.25, 0.3) is 5.56 Å². The third-order valence-corrected chi connectivity index (χ3v) is 5.84. The van der Waals surface area contributed by atoms with Crippen LogP contribution in [-0.4, -0.2) is 43.4 Å². The highest BCUT2D eigenvalue weighted by Crippen LogP contribution is 2.23. The normalized spacial score (nSPS) is 17.1. The van der Waals surface area contributed by atoms with E-state index in [0.717, 1.165) is 48.3 Å². The van der Waals surface area contributed by atoms with Crippen LogP contribution in [0.1, 0.15) is 25.5 Å². The van der Waals surface area contributed by atoms with Crippen molar-refractivity contribution in [2.45, 2.75) is 38.9 Å². The Morgan fingerprint density at radius 3 is 2.93 bits per heavy atom. The average molecular weight is 403 g/mol. The summed E-state index contributed by atoms with van der Waals surface area (Å²) in [5, 5.41) is 6.53. The zero-order valence-electron chi connectivity index (χ0n) is 17.0. The van der Waals surface area contributed by atoms with Gasteiger partial charge in [-0.05, 0) is 31.2 Å². The number of imidazole rings is 1. The molecule has 1 aliphatic rings. The summed E-state index contributed by atoms with van der Waals surface area (Å²) in [6, 6.07) is 10.2. The van der Waals surface area contributed by atoms with Crippen LogP contribution in [0.5, 0.6) is 0 Å². The number of aromatic nitrogens is 5. The molecule has 4 aromatic rings. The molecule has 0 amide bonds. The second-order valence-electron chi connectivity index (χ2n) is 7.82. The zero-order chi connectivity index (χ0) is 20.7. The number of benzene rings is 1. The van der Waals surface area contributed by atoms with Gasteiger partial charge in [0.15, 0.2) is 0 Å². The number of aryl methyl sites for hydroxylation is 1. The average Bonchev–Trinajstić information content (AvgIpc) is 3.15. The van der Waals surface area contributed by atoms with Crippen molar-refractivity contribution < 1.29 is 0 Å². The summed E-state index contributed by atoms with van der Waals surface area (Å²) < 4.78 is 3.47. The van der Waals surface area contributed by atoms with Gasteiger partial charge in [0.05, 0.1) is 18.4 Å². The quantitative estimate of drug-likeness (QED) is 0.561. The Morgan fingerprint density at radius 1 is 1.23 bits per heavy atom. The van der Waals surface area contributed by atoms with Crippen molar-refractivity contribution in [1.82, 2.24) is 24.3 Å². The van der Waals surface area contributed by atoms with Gasteiger partial charge in [0, 0.05) is 37.3 Å². The Bertz CT molecular complexity index is 1270. The van der Waals surface area contributed by atoms with Gasteiger partial charge >= 0.3 is 0 Å². The van der Waals surface area contributed by atoms with Crippen LogP contribution in [0.15, 0.2) is 47.5 Å². The number of pyridine rings is 1. The van der Waals surface area contributed by atoms with Gasteiger partial charge < -0.3 is 15.2 Å². The lowest BCUT2D eigenvalue weighted by Crippen LogP contribution is -2.44. The fourth-order valence-corrected chi connectivity index (χ4v) is 4.37. The molecule has 154 valence electrons. The molecule has 1 atom stereocenters. The fraction of sp³-hybridized carbons (Fsp3) is 0.364. The van der Waals surface area contributed by atoms with Crippen molar-refractivity contribution in [2.24, 2.45) is 5.73 Å². The number of rotatable bonds is 4. The van der Waals surface area contributed by atoms with Crippen LogP contribution in [-0.2, 0) is 13.1 Å². The predicted octanol–water partition coefficient (Wildman–Crippen LogP) is 2.14. The van der Waals surface area contributed by atoms with Gasteiger partial charge in [-0.3, -0.25) is 9.78 Å². The molecule has 0 radical (unpaired) electrons. The lowest BCUT2D eigenvalue weighted by molar-refractivity contribution is 0.494. The summed E-state index contributed by atoms with van der Waals surface area (Å²) in [5.74, 6) is 0.808.